The minimum atomic E-state index is 0. The molecule has 2 rings (SSSR count). The molecule has 1 saturated heterocycles. The number of benzene rings is 1. The lowest BCUT2D eigenvalue weighted by atomic mass is 9.97. The topological polar surface area (TPSA) is 53.2 Å². The Morgan fingerprint density at radius 3 is 2.75 bits per heavy atom. The summed E-state index contributed by atoms with van der Waals surface area (Å²) >= 11 is 3.43. The number of piperidine rings is 1. The lowest BCUT2D eigenvalue weighted by Gasteiger charge is -2.21. The minimum Gasteiger partial charge on any atom is -0.383 e. The van der Waals surface area contributed by atoms with Crippen LogP contribution in [0, 0.1) is 5.92 Å². The van der Waals surface area contributed by atoms with Crippen LogP contribution in [0.15, 0.2) is 28.7 Å². The predicted octanol–water partition coefficient (Wildman–Crippen LogP) is 2.40. The highest BCUT2D eigenvalue weighted by Gasteiger charge is 2.19. The van der Waals surface area contributed by atoms with Crippen LogP contribution in [0.1, 0.15) is 12.8 Å². The molecule has 1 fully saturated rings. The fraction of sp³-hybridized carbons (Fsp3) is 0.500. The van der Waals surface area contributed by atoms with Crippen LogP contribution >= 0.6 is 28.3 Å². The average Bonchev–Trinajstić information content (AvgIpc) is 2.44. The van der Waals surface area contributed by atoms with E-state index in [1.807, 2.05) is 24.3 Å². The van der Waals surface area contributed by atoms with Crippen molar-refractivity contribution in [1.29, 1.82) is 0 Å². The van der Waals surface area contributed by atoms with Crippen LogP contribution in [0.2, 0.25) is 0 Å². The van der Waals surface area contributed by atoms with Gasteiger partial charge < -0.3 is 16.0 Å². The molecule has 4 nitrogen and oxygen atoms in total. The summed E-state index contributed by atoms with van der Waals surface area (Å²) in [6.07, 6.45) is 1.90. The zero-order valence-corrected chi connectivity index (χ0v) is 13.7. The molecule has 1 aliphatic rings. The van der Waals surface area contributed by atoms with Gasteiger partial charge in [-0.25, -0.2) is 0 Å². The molecular formula is C14H21BrClN3O. The molecule has 1 amide bonds. The molecule has 0 bridgehead atoms. The lowest BCUT2D eigenvalue weighted by molar-refractivity contribution is -0.125. The van der Waals surface area contributed by atoms with Gasteiger partial charge in [0, 0.05) is 29.2 Å². The molecule has 1 aliphatic heterocycles. The van der Waals surface area contributed by atoms with E-state index < -0.39 is 0 Å². The molecule has 0 aromatic heterocycles. The summed E-state index contributed by atoms with van der Waals surface area (Å²) in [5, 5.41) is 9.55. The van der Waals surface area contributed by atoms with Gasteiger partial charge in [0.1, 0.15) is 0 Å². The zero-order chi connectivity index (χ0) is 13.5. The van der Waals surface area contributed by atoms with Crippen LogP contribution in [-0.4, -0.2) is 32.1 Å². The number of carbonyl (C=O) groups excluding carboxylic acids is 1. The van der Waals surface area contributed by atoms with Gasteiger partial charge in [0.15, 0.2) is 0 Å². The van der Waals surface area contributed by atoms with Crippen molar-refractivity contribution in [1.82, 2.24) is 10.6 Å². The molecule has 6 heteroatoms. The van der Waals surface area contributed by atoms with Gasteiger partial charge in [0.05, 0.1) is 0 Å². The summed E-state index contributed by atoms with van der Waals surface area (Å²) in [7, 11) is 0. The number of hydrogen-bond donors (Lipinski definition) is 3. The smallest absolute Gasteiger partial charge is 0.223 e. The first-order valence-corrected chi connectivity index (χ1v) is 7.53. The Bertz CT molecular complexity index is 425. The number of amides is 1. The number of rotatable bonds is 5. The van der Waals surface area contributed by atoms with Crippen molar-refractivity contribution in [3.63, 3.8) is 0 Å². The Morgan fingerprint density at radius 1 is 1.30 bits per heavy atom. The molecule has 1 heterocycles. The Labute approximate surface area is 134 Å². The number of halogens is 2. The Hall–Kier alpha value is -0.780. The van der Waals surface area contributed by atoms with E-state index in [-0.39, 0.29) is 24.2 Å². The molecule has 0 atom stereocenters. The summed E-state index contributed by atoms with van der Waals surface area (Å²) in [6.45, 7) is 3.31. The van der Waals surface area contributed by atoms with Crippen molar-refractivity contribution in [2.24, 2.45) is 5.92 Å². The lowest BCUT2D eigenvalue weighted by Crippen LogP contribution is -2.39. The van der Waals surface area contributed by atoms with E-state index >= 15 is 0 Å². The third kappa shape index (κ3) is 5.69. The first-order chi connectivity index (χ1) is 9.25. The van der Waals surface area contributed by atoms with Gasteiger partial charge in [-0.15, -0.1) is 12.4 Å². The molecule has 0 radical (unpaired) electrons. The van der Waals surface area contributed by atoms with Crippen molar-refractivity contribution in [3.05, 3.63) is 28.7 Å². The van der Waals surface area contributed by atoms with Crippen LogP contribution in [0.5, 0.6) is 0 Å². The van der Waals surface area contributed by atoms with Crippen LogP contribution in [0.3, 0.4) is 0 Å². The summed E-state index contributed by atoms with van der Waals surface area (Å²) in [6, 6.07) is 8.01. The first kappa shape index (κ1) is 17.3. The third-order valence-electron chi connectivity index (χ3n) is 3.29. The maximum atomic E-state index is 11.9. The van der Waals surface area contributed by atoms with Gasteiger partial charge in [-0.1, -0.05) is 22.0 Å². The summed E-state index contributed by atoms with van der Waals surface area (Å²) < 4.78 is 1.05. The van der Waals surface area contributed by atoms with Crippen LogP contribution in [0.4, 0.5) is 5.69 Å². The Morgan fingerprint density at radius 2 is 2.05 bits per heavy atom. The van der Waals surface area contributed by atoms with Crippen molar-refractivity contribution in [2.75, 3.05) is 31.5 Å². The standard InChI is InChI=1S/C14H20BrN3O.ClH/c15-12-2-1-3-13(10-12)17-8-9-18-14(19)11-4-6-16-7-5-11;/h1-3,10-11,16-17H,4-9H2,(H,18,19);1H. The van der Waals surface area contributed by atoms with Crippen molar-refractivity contribution < 1.29 is 4.79 Å². The molecular weight excluding hydrogens is 342 g/mol. The normalized spacial score (nSPS) is 15.2. The Balaban J connectivity index is 0.00000200. The predicted molar refractivity (Wildman–Crippen MR) is 88.5 cm³/mol. The third-order valence-corrected chi connectivity index (χ3v) is 3.78. The second-order valence-corrected chi connectivity index (χ2v) is 5.67. The second kappa shape index (κ2) is 9.21. The van der Waals surface area contributed by atoms with Gasteiger partial charge in [-0.05, 0) is 44.1 Å². The molecule has 0 aliphatic carbocycles. The van der Waals surface area contributed by atoms with E-state index in [0.717, 1.165) is 42.6 Å². The monoisotopic (exact) mass is 361 g/mol. The quantitative estimate of drug-likeness (QED) is 0.705. The minimum absolute atomic E-state index is 0. The fourth-order valence-corrected chi connectivity index (χ4v) is 2.62. The van der Waals surface area contributed by atoms with Gasteiger partial charge in [-0.3, -0.25) is 4.79 Å². The van der Waals surface area contributed by atoms with Gasteiger partial charge >= 0.3 is 0 Å². The average molecular weight is 363 g/mol. The SMILES string of the molecule is Cl.O=C(NCCNc1cccc(Br)c1)C1CCNCC1. The highest BCUT2D eigenvalue weighted by molar-refractivity contribution is 9.10. The highest BCUT2D eigenvalue weighted by Crippen LogP contribution is 2.15. The van der Waals surface area contributed by atoms with E-state index in [1.165, 1.54) is 0 Å². The van der Waals surface area contributed by atoms with Crippen molar-refractivity contribution >= 4 is 39.9 Å². The molecule has 0 unspecified atom stereocenters. The Kier molecular flexibility index (Phi) is 7.95. The molecule has 1 aromatic rings. The molecule has 1 aromatic carbocycles. The molecule has 20 heavy (non-hydrogen) atoms. The van der Waals surface area contributed by atoms with E-state index in [9.17, 15) is 4.79 Å². The number of anilines is 1. The summed E-state index contributed by atoms with van der Waals surface area (Å²) in [4.78, 5) is 11.9. The van der Waals surface area contributed by atoms with Gasteiger partial charge in [0.2, 0.25) is 5.91 Å². The summed E-state index contributed by atoms with van der Waals surface area (Å²) in [5.41, 5.74) is 1.06. The van der Waals surface area contributed by atoms with Crippen LogP contribution in [-0.2, 0) is 4.79 Å². The highest BCUT2D eigenvalue weighted by atomic mass is 79.9. The van der Waals surface area contributed by atoms with Crippen molar-refractivity contribution in [3.8, 4) is 0 Å². The molecule has 0 spiro atoms. The van der Waals surface area contributed by atoms with E-state index in [1.54, 1.807) is 0 Å². The largest absolute Gasteiger partial charge is 0.383 e. The zero-order valence-electron chi connectivity index (χ0n) is 11.3. The first-order valence-electron chi connectivity index (χ1n) is 6.73. The van der Waals surface area contributed by atoms with Crippen LogP contribution < -0.4 is 16.0 Å². The number of nitrogens with one attached hydrogen (secondary N) is 3. The van der Waals surface area contributed by atoms with E-state index in [2.05, 4.69) is 31.9 Å². The summed E-state index contributed by atoms with van der Waals surface area (Å²) in [5.74, 6) is 0.379. The fourth-order valence-electron chi connectivity index (χ4n) is 2.22. The molecule has 112 valence electrons. The van der Waals surface area contributed by atoms with E-state index in [4.69, 9.17) is 0 Å². The number of carbonyl (C=O) groups is 1. The number of hydrogen-bond acceptors (Lipinski definition) is 3. The molecule has 3 N–H and O–H groups in total. The van der Waals surface area contributed by atoms with Crippen molar-refractivity contribution in [2.45, 2.75) is 12.8 Å². The maximum Gasteiger partial charge on any atom is 0.223 e. The molecule has 0 saturated carbocycles. The second-order valence-electron chi connectivity index (χ2n) is 4.75. The maximum absolute atomic E-state index is 11.9. The van der Waals surface area contributed by atoms with E-state index in [0.29, 0.717) is 6.54 Å². The van der Waals surface area contributed by atoms with Gasteiger partial charge in [-0.2, -0.15) is 0 Å². The van der Waals surface area contributed by atoms with Crippen LogP contribution in [0.25, 0.3) is 0 Å². The van der Waals surface area contributed by atoms with Gasteiger partial charge in [0.25, 0.3) is 0 Å².